The molecule has 1 N–H and O–H groups in total. The molecule has 0 radical (unpaired) electrons. The Labute approximate surface area is 117 Å². The Morgan fingerprint density at radius 1 is 1.20 bits per heavy atom. The lowest BCUT2D eigenvalue weighted by Crippen LogP contribution is -2.25. The van der Waals surface area contributed by atoms with E-state index in [0.29, 0.717) is 18.3 Å². The van der Waals surface area contributed by atoms with Gasteiger partial charge in [0.25, 0.3) is 0 Å². The zero-order valence-corrected chi connectivity index (χ0v) is 11.2. The Kier molecular flexibility index (Phi) is 4.55. The SMILES string of the molecule is CN(CC(=O)O)c1cccc(OCc2ccccc2)n1. The fourth-order valence-electron chi connectivity index (χ4n) is 1.71. The number of anilines is 1. The van der Waals surface area contributed by atoms with Gasteiger partial charge in [0.1, 0.15) is 19.0 Å². The summed E-state index contributed by atoms with van der Waals surface area (Å²) >= 11 is 0. The number of likely N-dealkylation sites (N-methyl/N-ethyl adjacent to an activating group) is 1. The Morgan fingerprint density at radius 2 is 1.95 bits per heavy atom. The topological polar surface area (TPSA) is 62.7 Å². The maximum atomic E-state index is 10.7. The summed E-state index contributed by atoms with van der Waals surface area (Å²) in [6.45, 7) is 0.328. The van der Waals surface area contributed by atoms with E-state index in [-0.39, 0.29) is 6.54 Å². The van der Waals surface area contributed by atoms with Crippen molar-refractivity contribution < 1.29 is 14.6 Å². The molecule has 20 heavy (non-hydrogen) atoms. The summed E-state index contributed by atoms with van der Waals surface area (Å²) in [6, 6.07) is 15.1. The fraction of sp³-hybridized carbons (Fsp3) is 0.200. The Bertz CT molecular complexity index is 572. The number of benzene rings is 1. The maximum absolute atomic E-state index is 10.7. The summed E-state index contributed by atoms with van der Waals surface area (Å²) in [5, 5.41) is 8.77. The molecule has 1 heterocycles. The molecule has 0 amide bonds. The molecular formula is C15H16N2O3. The van der Waals surface area contributed by atoms with Crippen LogP contribution in [0.4, 0.5) is 5.82 Å². The van der Waals surface area contributed by atoms with Crippen molar-refractivity contribution >= 4 is 11.8 Å². The fourth-order valence-corrected chi connectivity index (χ4v) is 1.71. The summed E-state index contributed by atoms with van der Waals surface area (Å²) in [5.41, 5.74) is 1.05. The molecular weight excluding hydrogens is 256 g/mol. The molecule has 0 aliphatic heterocycles. The van der Waals surface area contributed by atoms with Gasteiger partial charge in [0.2, 0.25) is 5.88 Å². The van der Waals surface area contributed by atoms with Crippen LogP contribution in [0.15, 0.2) is 48.5 Å². The van der Waals surface area contributed by atoms with Gasteiger partial charge in [-0.15, -0.1) is 0 Å². The van der Waals surface area contributed by atoms with Gasteiger partial charge in [-0.3, -0.25) is 4.79 Å². The third-order valence-corrected chi connectivity index (χ3v) is 2.70. The largest absolute Gasteiger partial charge is 0.480 e. The van der Waals surface area contributed by atoms with Crippen molar-refractivity contribution in [3.8, 4) is 5.88 Å². The molecule has 0 aliphatic rings. The summed E-state index contributed by atoms with van der Waals surface area (Å²) in [6.07, 6.45) is 0. The van der Waals surface area contributed by atoms with Crippen LogP contribution in [0.1, 0.15) is 5.56 Å². The lowest BCUT2D eigenvalue weighted by molar-refractivity contribution is -0.135. The van der Waals surface area contributed by atoms with Crippen molar-refractivity contribution in [1.82, 2.24) is 4.98 Å². The van der Waals surface area contributed by atoms with Gasteiger partial charge < -0.3 is 14.7 Å². The zero-order chi connectivity index (χ0) is 14.4. The van der Waals surface area contributed by atoms with Crippen molar-refractivity contribution in [1.29, 1.82) is 0 Å². The van der Waals surface area contributed by atoms with E-state index in [1.165, 1.54) is 0 Å². The summed E-state index contributed by atoms with van der Waals surface area (Å²) < 4.78 is 5.60. The molecule has 0 saturated carbocycles. The average Bonchev–Trinajstić information content (AvgIpc) is 2.46. The molecule has 0 aliphatic carbocycles. The second-order valence-electron chi connectivity index (χ2n) is 4.36. The third kappa shape index (κ3) is 3.98. The van der Waals surface area contributed by atoms with Crippen molar-refractivity contribution in [3.05, 3.63) is 54.1 Å². The van der Waals surface area contributed by atoms with E-state index in [4.69, 9.17) is 9.84 Å². The highest BCUT2D eigenvalue weighted by molar-refractivity contribution is 5.72. The third-order valence-electron chi connectivity index (χ3n) is 2.70. The highest BCUT2D eigenvalue weighted by atomic mass is 16.5. The van der Waals surface area contributed by atoms with Crippen LogP contribution in [0, 0.1) is 0 Å². The van der Waals surface area contributed by atoms with E-state index < -0.39 is 5.97 Å². The Balaban J connectivity index is 2.01. The average molecular weight is 272 g/mol. The molecule has 5 heteroatoms. The number of pyridine rings is 1. The van der Waals surface area contributed by atoms with Crippen LogP contribution in [0.25, 0.3) is 0 Å². The predicted molar refractivity (Wildman–Crippen MR) is 75.9 cm³/mol. The molecule has 2 aromatic rings. The number of nitrogens with zero attached hydrogens (tertiary/aromatic N) is 2. The number of hydrogen-bond donors (Lipinski definition) is 1. The first-order valence-electron chi connectivity index (χ1n) is 6.22. The normalized spacial score (nSPS) is 10.1. The second-order valence-corrected chi connectivity index (χ2v) is 4.36. The van der Waals surface area contributed by atoms with Crippen LogP contribution >= 0.6 is 0 Å². The molecule has 0 fully saturated rings. The van der Waals surface area contributed by atoms with Crippen LogP contribution < -0.4 is 9.64 Å². The summed E-state index contributed by atoms with van der Waals surface area (Å²) in [7, 11) is 1.68. The van der Waals surface area contributed by atoms with Gasteiger partial charge >= 0.3 is 5.97 Å². The van der Waals surface area contributed by atoms with Crippen LogP contribution in [-0.2, 0) is 11.4 Å². The Morgan fingerprint density at radius 3 is 2.65 bits per heavy atom. The van der Waals surface area contributed by atoms with Crippen LogP contribution in [-0.4, -0.2) is 29.7 Å². The van der Waals surface area contributed by atoms with Gasteiger partial charge in [-0.2, -0.15) is 4.98 Å². The van der Waals surface area contributed by atoms with Gasteiger partial charge in [0.05, 0.1) is 0 Å². The molecule has 0 saturated heterocycles. The van der Waals surface area contributed by atoms with Crippen molar-refractivity contribution in [2.75, 3.05) is 18.5 Å². The summed E-state index contributed by atoms with van der Waals surface area (Å²) in [4.78, 5) is 16.5. The second kappa shape index (κ2) is 6.56. The number of rotatable bonds is 6. The molecule has 0 unspecified atom stereocenters. The number of hydrogen-bond acceptors (Lipinski definition) is 4. The van der Waals surface area contributed by atoms with Gasteiger partial charge in [-0.05, 0) is 11.6 Å². The highest BCUT2D eigenvalue weighted by Crippen LogP contribution is 2.15. The van der Waals surface area contributed by atoms with Crippen molar-refractivity contribution in [2.45, 2.75) is 6.61 Å². The lowest BCUT2D eigenvalue weighted by atomic mass is 10.2. The predicted octanol–water partition coefficient (Wildman–Crippen LogP) is 2.18. The number of carbonyl (C=O) groups is 1. The number of carboxylic acid groups (broad SMARTS) is 1. The van der Waals surface area contributed by atoms with E-state index in [0.717, 1.165) is 5.56 Å². The maximum Gasteiger partial charge on any atom is 0.323 e. The van der Waals surface area contributed by atoms with E-state index in [2.05, 4.69) is 4.98 Å². The molecule has 1 aromatic heterocycles. The number of ether oxygens (including phenoxy) is 1. The van der Waals surface area contributed by atoms with Gasteiger partial charge in [0, 0.05) is 13.1 Å². The molecule has 0 atom stereocenters. The van der Waals surface area contributed by atoms with Gasteiger partial charge in [-0.1, -0.05) is 36.4 Å². The van der Waals surface area contributed by atoms with E-state index in [9.17, 15) is 4.79 Å². The molecule has 5 nitrogen and oxygen atoms in total. The van der Waals surface area contributed by atoms with E-state index >= 15 is 0 Å². The smallest absolute Gasteiger partial charge is 0.323 e. The number of aliphatic carboxylic acids is 1. The minimum absolute atomic E-state index is 0.102. The standard InChI is InChI=1S/C15H16N2O3/c1-17(10-15(18)19)13-8-5-9-14(16-13)20-11-12-6-3-2-4-7-12/h2-9H,10-11H2,1H3,(H,18,19). The first kappa shape index (κ1) is 13.9. The van der Waals surface area contributed by atoms with Gasteiger partial charge in [0.15, 0.2) is 0 Å². The minimum Gasteiger partial charge on any atom is -0.480 e. The minimum atomic E-state index is -0.898. The van der Waals surface area contributed by atoms with Gasteiger partial charge in [-0.25, -0.2) is 0 Å². The summed E-state index contributed by atoms with van der Waals surface area (Å²) in [5.74, 6) is 0.145. The number of carboxylic acids is 1. The molecule has 0 bridgehead atoms. The molecule has 0 spiro atoms. The highest BCUT2D eigenvalue weighted by Gasteiger charge is 2.08. The van der Waals surface area contributed by atoms with E-state index in [1.54, 1.807) is 30.1 Å². The Hall–Kier alpha value is -2.56. The first-order chi connectivity index (χ1) is 9.65. The lowest BCUT2D eigenvalue weighted by Gasteiger charge is -2.16. The van der Waals surface area contributed by atoms with Crippen LogP contribution in [0.5, 0.6) is 5.88 Å². The van der Waals surface area contributed by atoms with Crippen molar-refractivity contribution in [2.24, 2.45) is 0 Å². The zero-order valence-electron chi connectivity index (χ0n) is 11.2. The van der Waals surface area contributed by atoms with Crippen LogP contribution in [0.2, 0.25) is 0 Å². The first-order valence-corrected chi connectivity index (χ1v) is 6.22. The van der Waals surface area contributed by atoms with E-state index in [1.807, 2.05) is 30.3 Å². The molecule has 104 valence electrons. The monoisotopic (exact) mass is 272 g/mol. The number of aromatic nitrogens is 1. The van der Waals surface area contributed by atoms with Crippen molar-refractivity contribution in [3.63, 3.8) is 0 Å². The molecule has 1 aromatic carbocycles. The van der Waals surface area contributed by atoms with Crippen LogP contribution in [0.3, 0.4) is 0 Å². The molecule has 2 rings (SSSR count). The quantitative estimate of drug-likeness (QED) is 0.873.